The number of carbonyl (C=O) groups is 2. The molecule has 158 valence electrons. The van der Waals surface area contributed by atoms with Gasteiger partial charge >= 0.3 is 5.91 Å². The van der Waals surface area contributed by atoms with Crippen LogP contribution >= 0.6 is 22.9 Å². The third-order valence-electron chi connectivity index (χ3n) is 5.30. The molecule has 0 saturated carbocycles. The maximum Gasteiger partial charge on any atom is 0.301 e. The molecule has 4 aromatic rings. The van der Waals surface area contributed by atoms with Crippen LogP contribution in [0, 0.1) is 6.92 Å². The average molecular weight is 462 g/mol. The summed E-state index contributed by atoms with van der Waals surface area (Å²) in [7, 11) is 0. The van der Waals surface area contributed by atoms with Gasteiger partial charge in [0.25, 0.3) is 5.78 Å². The Morgan fingerprint density at radius 1 is 1.12 bits per heavy atom. The lowest BCUT2D eigenvalue weighted by Crippen LogP contribution is -2.29. The Balaban J connectivity index is 1.72. The Kier molecular flexibility index (Phi) is 5.00. The number of amides is 1. The number of pyridine rings is 1. The molecule has 2 aromatic heterocycles. The van der Waals surface area contributed by atoms with Crippen LogP contribution < -0.4 is 4.90 Å². The van der Waals surface area contributed by atoms with Gasteiger partial charge in [-0.3, -0.25) is 19.5 Å². The van der Waals surface area contributed by atoms with Gasteiger partial charge in [0.1, 0.15) is 5.76 Å². The molecule has 0 bridgehead atoms. The van der Waals surface area contributed by atoms with Gasteiger partial charge in [-0.15, -0.1) is 0 Å². The average Bonchev–Trinajstić information content (AvgIpc) is 3.32. The molecule has 8 heteroatoms. The van der Waals surface area contributed by atoms with Crippen molar-refractivity contribution in [2.24, 2.45) is 0 Å². The second-order valence-corrected chi connectivity index (χ2v) is 8.88. The monoisotopic (exact) mass is 461 g/mol. The molecule has 6 nitrogen and oxygen atoms in total. The lowest BCUT2D eigenvalue weighted by Gasteiger charge is -2.22. The van der Waals surface area contributed by atoms with Gasteiger partial charge in [0.15, 0.2) is 5.13 Å². The highest BCUT2D eigenvalue weighted by Gasteiger charge is 2.48. The van der Waals surface area contributed by atoms with Crippen LogP contribution in [0.25, 0.3) is 16.0 Å². The summed E-state index contributed by atoms with van der Waals surface area (Å²) in [6.07, 6.45) is 3.19. The molecule has 1 amide bonds. The summed E-state index contributed by atoms with van der Waals surface area (Å²) in [6.45, 7) is 1.98. The van der Waals surface area contributed by atoms with Crippen LogP contribution in [0.5, 0.6) is 0 Å². The van der Waals surface area contributed by atoms with E-state index in [1.54, 1.807) is 48.8 Å². The topological polar surface area (TPSA) is 83.4 Å². The summed E-state index contributed by atoms with van der Waals surface area (Å²) in [6, 6.07) is 14.9. The quantitative estimate of drug-likeness (QED) is 0.255. The molecule has 1 aliphatic heterocycles. The van der Waals surface area contributed by atoms with E-state index >= 15 is 0 Å². The van der Waals surface area contributed by atoms with E-state index in [4.69, 9.17) is 11.6 Å². The summed E-state index contributed by atoms with van der Waals surface area (Å²) in [5, 5.41) is 12.0. The fraction of sp³-hybridized carbons (Fsp3) is 0.0833. The van der Waals surface area contributed by atoms with Gasteiger partial charge in [-0.2, -0.15) is 0 Å². The SMILES string of the molecule is Cc1ccc2nc(N3C(=O)C(=O)/C(=C(/O)c4ccc(Cl)cc4)C3c3cccnc3)sc2c1. The van der Waals surface area contributed by atoms with Crippen LogP contribution in [0.3, 0.4) is 0 Å². The normalized spacial score (nSPS) is 17.9. The van der Waals surface area contributed by atoms with Crippen molar-refractivity contribution in [2.75, 3.05) is 4.90 Å². The third kappa shape index (κ3) is 3.36. The highest BCUT2D eigenvalue weighted by Crippen LogP contribution is 2.44. The number of aliphatic hydroxyl groups excluding tert-OH is 1. The number of ketones is 1. The van der Waals surface area contributed by atoms with Gasteiger partial charge < -0.3 is 5.11 Å². The molecule has 0 radical (unpaired) electrons. The number of anilines is 1. The number of aliphatic hydroxyl groups is 1. The molecule has 2 aromatic carbocycles. The van der Waals surface area contributed by atoms with E-state index in [-0.39, 0.29) is 11.3 Å². The molecule has 1 unspecified atom stereocenters. The first-order valence-electron chi connectivity index (χ1n) is 9.78. The van der Waals surface area contributed by atoms with Crippen molar-refractivity contribution in [3.05, 3.63) is 94.3 Å². The zero-order valence-electron chi connectivity index (χ0n) is 16.8. The molecule has 1 fully saturated rings. The number of aryl methyl sites for hydroxylation is 1. The molecule has 1 saturated heterocycles. The summed E-state index contributed by atoms with van der Waals surface area (Å²) in [4.78, 5) is 36.4. The number of rotatable bonds is 3. The molecule has 32 heavy (non-hydrogen) atoms. The standard InChI is InChI=1S/C24H16ClN3O3S/c1-13-4-9-17-18(11-13)32-24(27-17)28-20(15-3-2-10-26-12-15)19(22(30)23(28)31)21(29)14-5-7-16(25)8-6-14/h2-12,20,29H,1H3/b21-19+. The van der Waals surface area contributed by atoms with E-state index in [1.807, 2.05) is 25.1 Å². The largest absolute Gasteiger partial charge is 0.507 e. The Morgan fingerprint density at radius 3 is 2.62 bits per heavy atom. The van der Waals surface area contributed by atoms with Crippen LogP contribution in [0.2, 0.25) is 5.02 Å². The maximum atomic E-state index is 13.2. The van der Waals surface area contributed by atoms with Crippen molar-refractivity contribution >= 4 is 55.7 Å². The van der Waals surface area contributed by atoms with Crippen molar-refractivity contribution < 1.29 is 14.7 Å². The Morgan fingerprint density at radius 2 is 1.91 bits per heavy atom. The predicted octanol–water partition coefficient (Wildman–Crippen LogP) is 5.28. The van der Waals surface area contributed by atoms with Crippen LogP contribution in [0.4, 0.5) is 5.13 Å². The molecule has 0 spiro atoms. The zero-order chi connectivity index (χ0) is 22.4. The molecular formula is C24H16ClN3O3S. The molecule has 1 atom stereocenters. The van der Waals surface area contributed by atoms with E-state index in [2.05, 4.69) is 9.97 Å². The zero-order valence-corrected chi connectivity index (χ0v) is 18.4. The maximum absolute atomic E-state index is 13.2. The number of fused-ring (bicyclic) bond motifs is 1. The van der Waals surface area contributed by atoms with Crippen molar-refractivity contribution in [2.45, 2.75) is 13.0 Å². The predicted molar refractivity (Wildman–Crippen MR) is 125 cm³/mol. The van der Waals surface area contributed by atoms with Crippen molar-refractivity contribution in [3.8, 4) is 0 Å². The van der Waals surface area contributed by atoms with Gasteiger partial charge in [0.05, 0.1) is 21.8 Å². The third-order valence-corrected chi connectivity index (χ3v) is 6.57. The first-order chi connectivity index (χ1) is 15.4. The highest BCUT2D eigenvalue weighted by atomic mass is 35.5. The first-order valence-corrected chi connectivity index (χ1v) is 11.0. The number of halogens is 1. The van der Waals surface area contributed by atoms with Gasteiger partial charge in [0, 0.05) is 23.0 Å². The molecule has 3 heterocycles. The highest BCUT2D eigenvalue weighted by molar-refractivity contribution is 7.22. The smallest absolute Gasteiger partial charge is 0.301 e. The van der Waals surface area contributed by atoms with Crippen molar-refractivity contribution in [3.63, 3.8) is 0 Å². The number of aromatic nitrogens is 2. The van der Waals surface area contributed by atoms with E-state index in [1.165, 1.54) is 16.2 Å². The van der Waals surface area contributed by atoms with Gasteiger partial charge in [0.2, 0.25) is 0 Å². The number of carbonyl (C=O) groups excluding carboxylic acids is 2. The number of hydrogen-bond donors (Lipinski definition) is 1. The van der Waals surface area contributed by atoms with E-state index in [9.17, 15) is 14.7 Å². The van der Waals surface area contributed by atoms with E-state index < -0.39 is 17.7 Å². The second kappa shape index (κ2) is 7.85. The summed E-state index contributed by atoms with van der Waals surface area (Å²) >= 11 is 7.29. The Bertz CT molecular complexity index is 1400. The van der Waals surface area contributed by atoms with Crippen molar-refractivity contribution in [1.82, 2.24) is 9.97 Å². The number of Topliss-reactive ketones (excluding diaryl/α,β-unsaturated/α-hetero) is 1. The molecule has 1 aliphatic rings. The molecular weight excluding hydrogens is 446 g/mol. The minimum atomic E-state index is -0.860. The summed E-state index contributed by atoms with van der Waals surface area (Å²) in [5.74, 6) is -1.79. The van der Waals surface area contributed by atoms with Crippen LogP contribution in [0.1, 0.15) is 22.7 Å². The van der Waals surface area contributed by atoms with Gasteiger partial charge in [-0.1, -0.05) is 35.1 Å². The fourth-order valence-corrected chi connectivity index (χ4v) is 4.99. The first kappa shape index (κ1) is 20.4. The van der Waals surface area contributed by atoms with E-state index in [0.29, 0.717) is 21.3 Å². The van der Waals surface area contributed by atoms with Crippen LogP contribution in [-0.4, -0.2) is 26.8 Å². The molecule has 5 rings (SSSR count). The van der Waals surface area contributed by atoms with E-state index in [0.717, 1.165) is 15.8 Å². The second-order valence-electron chi connectivity index (χ2n) is 7.43. The lowest BCUT2D eigenvalue weighted by molar-refractivity contribution is -0.132. The minimum Gasteiger partial charge on any atom is -0.507 e. The Labute approximate surface area is 192 Å². The van der Waals surface area contributed by atoms with Crippen LogP contribution in [-0.2, 0) is 9.59 Å². The molecule has 1 N–H and O–H groups in total. The van der Waals surface area contributed by atoms with Gasteiger partial charge in [-0.25, -0.2) is 4.98 Å². The number of benzene rings is 2. The summed E-state index contributed by atoms with van der Waals surface area (Å²) in [5.41, 5.74) is 2.78. The number of hydrogen-bond acceptors (Lipinski definition) is 6. The number of nitrogens with zero attached hydrogens (tertiary/aromatic N) is 3. The number of thiazole rings is 1. The van der Waals surface area contributed by atoms with Crippen molar-refractivity contribution in [1.29, 1.82) is 0 Å². The fourth-order valence-electron chi connectivity index (χ4n) is 3.77. The minimum absolute atomic E-state index is 0.0132. The Hall–Kier alpha value is -3.55. The summed E-state index contributed by atoms with van der Waals surface area (Å²) < 4.78 is 0.907. The lowest BCUT2D eigenvalue weighted by atomic mass is 9.96. The molecule has 0 aliphatic carbocycles. The van der Waals surface area contributed by atoms with Crippen LogP contribution in [0.15, 0.2) is 72.6 Å². The van der Waals surface area contributed by atoms with Gasteiger partial charge in [-0.05, 0) is 60.5 Å².